The van der Waals surface area contributed by atoms with Gasteiger partial charge in [0.25, 0.3) is 0 Å². The number of nitrogens with one attached hydrogen (secondary N) is 1. The largest absolute Gasteiger partial charge is 0.360 e. The number of nitrogens with zero attached hydrogens (tertiary/aromatic N) is 4. The smallest absolute Gasteiger partial charge is 0.205 e. The van der Waals surface area contributed by atoms with Crippen LogP contribution in [0, 0.1) is 11.2 Å². The summed E-state index contributed by atoms with van der Waals surface area (Å²) in [6.07, 6.45) is 2.77. The second-order valence-corrected chi connectivity index (χ2v) is 10.5. The molecule has 2 aromatic heterocycles. The van der Waals surface area contributed by atoms with E-state index in [0.717, 1.165) is 39.7 Å². The van der Waals surface area contributed by atoms with E-state index in [1.807, 2.05) is 10.9 Å². The van der Waals surface area contributed by atoms with E-state index < -0.39 is 0 Å². The van der Waals surface area contributed by atoms with E-state index >= 15 is 0 Å². The lowest BCUT2D eigenvalue weighted by molar-refractivity contribution is 0.340. The fourth-order valence-corrected chi connectivity index (χ4v) is 5.31. The maximum Gasteiger partial charge on any atom is 0.205 e. The van der Waals surface area contributed by atoms with Crippen LogP contribution in [0.25, 0.3) is 16.6 Å². The van der Waals surface area contributed by atoms with Crippen LogP contribution in [-0.4, -0.2) is 26.5 Å². The number of aryl methyl sites for hydroxylation is 1. The molecule has 5 aromatic rings. The van der Waals surface area contributed by atoms with Gasteiger partial charge in [-0.3, -0.25) is 0 Å². The van der Waals surface area contributed by atoms with Crippen LogP contribution < -0.4 is 5.32 Å². The van der Waals surface area contributed by atoms with E-state index in [1.54, 1.807) is 23.5 Å². The Bertz CT molecular complexity index is 1440. The van der Waals surface area contributed by atoms with Gasteiger partial charge in [-0.2, -0.15) is 5.10 Å². The first-order chi connectivity index (χ1) is 17.9. The monoisotopic (exact) mass is 513 g/mol. The van der Waals surface area contributed by atoms with Crippen molar-refractivity contribution in [2.75, 3.05) is 11.9 Å². The van der Waals surface area contributed by atoms with Crippen LogP contribution in [0.2, 0.25) is 0 Å². The molecule has 5 nitrogen and oxygen atoms in total. The molecule has 0 fully saturated rings. The summed E-state index contributed by atoms with van der Waals surface area (Å²) < 4.78 is 15.3. The van der Waals surface area contributed by atoms with Gasteiger partial charge in [-0.05, 0) is 59.4 Å². The molecule has 7 heteroatoms. The molecular weight excluding hydrogens is 481 g/mol. The molecule has 1 atom stereocenters. The van der Waals surface area contributed by atoms with Gasteiger partial charge < -0.3 is 5.32 Å². The van der Waals surface area contributed by atoms with Crippen molar-refractivity contribution in [3.05, 3.63) is 114 Å². The fraction of sp³-hybridized carbons (Fsp3) is 0.233. The lowest BCUT2D eigenvalue weighted by Crippen LogP contribution is -2.31. The fourth-order valence-electron chi connectivity index (χ4n) is 4.63. The third kappa shape index (κ3) is 5.78. The summed E-state index contributed by atoms with van der Waals surface area (Å²) in [6, 6.07) is 23.5. The number of fused-ring (bicyclic) bond motifs is 1. The van der Waals surface area contributed by atoms with Gasteiger partial charge in [-0.25, -0.2) is 9.07 Å². The Morgan fingerprint density at radius 1 is 0.973 bits per heavy atom. The van der Waals surface area contributed by atoms with Crippen molar-refractivity contribution >= 4 is 27.4 Å². The Balaban J connectivity index is 0.00000156. The summed E-state index contributed by atoms with van der Waals surface area (Å²) in [5.41, 5.74) is 4.18. The summed E-state index contributed by atoms with van der Waals surface area (Å²) >= 11 is 1.61. The highest BCUT2D eigenvalue weighted by molar-refractivity contribution is 7.15. The molecule has 0 aliphatic rings. The van der Waals surface area contributed by atoms with Gasteiger partial charge in [-0.1, -0.05) is 68.5 Å². The van der Waals surface area contributed by atoms with Crippen molar-refractivity contribution in [2.45, 2.75) is 33.1 Å². The summed E-state index contributed by atoms with van der Waals surface area (Å²) in [6.45, 7) is 13.4. The Labute approximate surface area is 221 Å². The number of hydrogen-bond acceptors (Lipinski definition) is 5. The molecule has 0 amide bonds. The maximum absolute atomic E-state index is 13.4. The zero-order chi connectivity index (χ0) is 26.4. The molecular formula is C30H32FN5S. The highest BCUT2D eigenvalue weighted by Gasteiger charge is 2.33. The van der Waals surface area contributed by atoms with Gasteiger partial charge >= 0.3 is 0 Å². The normalized spacial score (nSPS) is 12.1. The molecule has 1 unspecified atom stereocenters. The second kappa shape index (κ2) is 11.5. The van der Waals surface area contributed by atoms with Crippen molar-refractivity contribution in [3.63, 3.8) is 0 Å². The van der Waals surface area contributed by atoms with Crippen molar-refractivity contribution < 1.29 is 4.39 Å². The minimum Gasteiger partial charge on any atom is -0.360 e. The summed E-state index contributed by atoms with van der Waals surface area (Å²) in [5, 5.41) is 19.6. The molecule has 3 aromatic carbocycles. The molecule has 2 heterocycles. The SMILES string of the molecule is C=C.CCc1nnc(NCC(C)(C)C(c2ccccc2)c2ccc3c(cnn3-c3ccc(F)cc3)c2)s1. The first-order valence-corrected chi connectivity index (χ1v) is 13.1. The predicted molar refractivity (Wildman–Crippen MR) is 152 cm³/mol. The predicted octanol–water partition coefficient (Wildman–Crippen LogP) is 7.65. The van der Waals surface area contributed by atoms with E-state index in [0.29, 0.717) is 0 Å². The molecule has 0 aliphatic heterocycles. The molecule has 1 N–H and O–H groups in total. The Hall–Kier alpha value is -3.84. The summed E-state index contributed by atoms with van der Waals surface area (Å²) in [5.74, 6) is -0.109. The molecule has 0 aliphatic carbocycles. The molecule has 190 valence electrons. The molecule has 0 saturated heterocycles. The highest BCUT2D eigenvalue weighted by atomic mass is 32.1. The lowest BCUT2D eigenvalue weighted by Gasteiger charge is -2.35. The number of aromatic nitrogens is 4. The molecule has 0 bridgehead atoms. The van der Waals surface area contributed by atoms with Crippen LogP contribution in [0.4, 0.5) is 9.52 Å². The number of rotatable bonds is 8. The van der Waals surface area contributed by atoms with E-state index in [9.17, 15) is 4.39 Å². The van der Waals surface area contributed by atoms with E-state index in [-0.39, 0.29) is 17.2 Å². The van der Waals surface area contributed by atoms with Crippen molar-refractivity contribution in [1.29, 1.82) is 0 Å². The zero-order valence-corrected chi connectivity index (χ0v) is 22.3. The number of hydrogen-bond donors (Lipinski definition) is 1. The second-order valence-electron chi connectivity index (χ2n) is 9.39. The van der Waals surface area contributed by atoms with Crippen LogP contribution in [0.5, 0.6) is 0 Å². The Morgan fingerprint density at radius 3 is 2.38 bits per heavy atom. The van der Waals surface area contributed by atoms with E-state index in [2.05, 4.69) is 103 Å². The van der Waals surface area contributed by atoms with Gasteiger partial charge in [0, 0.05) is 17.8 Å². The average Bonchev–Trinajstić information content (AvgIpc) is 3.57. The third-order valence-electron chi connectivity index (χ3n) is 6.38. The Morgan fingerprint density at radius 2 is 1.70 bits per heavy atom. The summed E-state index contributed by atoms with van der Waals surface area (Å²) in [7, 11) is 0. The maximum atomic E-state index is 13.4. The molecule has 5 rings (SSSR count). The van der Waals surface area contributed by atoms with Gasteiger partial charge in [0.1, 0.15) is 10.8 Å². The summed E-state index contributed by atoms with van der Waals surface area (Å²) in [4.78, 5) is 0. The van der Waals surface area contributed by atoms with Crippen LogP contribution >= 0.6 is 11.3 Å². The zero-order valence-electron chi connectivity index (χ0n) is 21.5. The number of anilines is 1. The molecule has 0 spiro atoms. The average molecular weight is 514 g/mol. The lowest BCUT2D eigenvalue weighted by atomic mass is 9.71. The first kappa shape index (κ1) is 26.2. The number of halogens is 1. The minimum atomic E-state index is -0.256. The van der Waals surface area contributed by atoms with E-state index in [1.165, 1.54) is 23.3 Å². The van der Waals surface area contributed by atoms with Gasteiger partial charge in [-0.15, -0.1) is 23.4 Å². The standard InChI is InChI=1S/C28H28FN5S.C2H4/c1-4-25-32-33-27(35-25)30-18-28(2,3)26(19-8-6-5-7-9-19)20-10-15-24-21(16-20)17-31-34(24)23-13-11-22(29)12-14-23;1-2/h5-17,26H,4,18H2,1-3H3,(H,30,33);1-2H2. The Kier molecular flexibility index (Phi) is 8.14. The number of benzene rings is 3. The van der Waals surface area contributed by atoms with Gasteiger partial charge in [0.2, 0.25) is 5.13 Å². The minimum absolute atomic E-state index is 0.125. The van der Waals surface area contributed by atoms with Crippen LogP contribution in [-0.2, 0) is 6.42 Å². The molecule has 37 heavy (non-hydrogen) atoms. The molecule has 0 saturated carbocycles. The topological polar surface area (TPSA) is 55.6 Å². The van der Waals surface area contributed by atoms with Gasteiger partial charge in [0.05, 0.1) is 17.4 Å². The van der Waals surface area contributed by atoms with E-state index in [4.69, 9.17) is 0 Å². The van der Waals surface area contributed by atoms with Crippen LogP contribution in [0.1, 0.15) is 42.8 Å². The first-order valence-electron chi connectivity index (χ1n) is 12.3. The van der Waals surface area contributed by atoms with Crippen LogP contribution in [0.15, 0.2) is 92.2 Å². The molecule has 0 radical (unpaired) electrons. The van der Waals surface area contributed by atoms with Crippen molar-refractivity contribution in [3.8, 4) is 5.69 Å². The third-order valence-corrected chi connectivity index (χ3v) is 7.40. The van der Waals surface area contributed by atoms with Gasteiger partial charge in [0.15, 0.2) is 0 Å². The highest BCUT2D eigenvalue weighted by Crippen LogP contribution is 2.42. The van der Waals surface area contributed by atoms with Crippen molar-refractivity contribution in [1.82, 2.24) is 20.0 Å². The quantitative estimate of drug-likeness (QED) is 0.217. The van der Waals surface area contributed by atoms with Crippen molar-refractivity contribution in [2.24, 2.45) is 5.41 Å². The van der Waals surface area contributed by atoms with Crippen LogP contribution in [0.3, 0.4) is 0 Å².